The van der Waals surface area contributed by atoms with E-state index < -0.39 is 28.5 Å². The van der Waals surface area contributed by atoms with Gasteiger partial charge in [-0.25, -0.2) is 8.42 Å². The molecule has 0 aliphatic rings. The first kappa shape index (κ1) is 31.7. The normalized spacial score (nSPS) is 12.8. The zero-order valence-electron chi connectivity index (χ0n) is 25.0. The highest BCUT2D eigenvalue weighted by Gasteiger charge is 2.33. The van der Waals surface area contributed by atoms with Crippen molar-refractivity contribution in [2.24, 2.45) is 0 Å². The number of hydrogen-bond acceptors (Lipinski definition) is 5. The number of sulfonamides is 1. The first-order valence-corrected chi connectivity index (χ1v) is 15.2. The lowest BCUT2D eigenvalue weighted by Gasteiger charge is -2.32. The molecule has 3 aromatic carbocycles. The molecule has 0 unspecified atom stereocenters. The van der Waals surface area contributed by atoms with E-state index in [-0.39, 0.29) is 23.4 Å². The number of carbonyl (C=O) groups is 2. The average Bonchev–Trinajstić information content (AvgIpc) is 2.96. The van der Waals surface area contributed by atoms with Crippen molar-refractivity contribution in [3.8, 4) is 5.75 Å². The van der Waals surface area contributed by atoms with Crippen molar-refractivity contribution >= 4 is 27.5 Å². The second-order valence-electron chi connectivity index (χ2n) is 10.5. The van der Waals surface area contributed by atoms with Crippen LogP contribution in [0.2, 0.25) is 0 Å². The summed E-state index contributed by atoms with van der Waals surface area (Å²) < 4.78 is 34.3. The Bertz CT molecular complexity index is 1450. The van der Waals surface area contributed by atoms with Crippen LogP contribution >= 0.6 is 0 Å². The fraction of sp³-hybridized carbons (Fsp3) is 0.375. The number of ether oxygens (including phenoxy) is 1. The van der Waals surface area contributed by atoms with Gasteiger partial charge >= 0.3 is 0 Å². The second kappa shape index (κ2) is 13.7. The molecule has 0 heterocycles. The molecule has 220 valence electrons. The minimum absolute atomic E-state index is 0.0724. The van der Waals surface area contributed by atoms with E-state index in [1.807, 2.05) is 52.8 Å². The molecule has 2 atom stereocenters. The largest absolute Gasteiger partial charge is 0.497 e. The maximum Gasteiger partial charge on any atom is 0.264 e. The molecule has 0 aromatic heterocycles. The van der Waals surface area contributed by atoms with Crippen molar-refractivity contribution in [2.45, 2.75) is 71.5 Å². The Morgan fingerprint density at radius 3 is 2.10 bits per heavy atom. The summed E-state index contributed by atoms with van der Waals surface area (Å²) in [4.78, 5) is 28.7. The third-order valence-electron chi connectivity index (χ3n) is 7.35. The summed E-state index contributed by atoms with van der Waals surface area (Å²) in [6.45, 7) is 10.9. The molecule has 3 aromatic rings. The molecule has 9 heteroatoms. The lowest BCUT2D eigenvalue weighted by atomic mass is 10.1. The van der Waals surface area contributed by atoms with Crippen LogP contribution in [0.1, 0.15) is 49.4 Å². The number of anilines is 1. The standard InChI is InChI=1S/C32H41N3O5S/c1-8-25(5)33-32(37)26(6)34(20-27-12-15-29(40-7)16-13-27)31(36)21-35(28-14-11-23(3)24(4)19-28)41(38,39)30-17-9-22(2)10-18-30/h9-19,25-26H,8,20-21H2,1-7H3,(H,33,37)/t25-,26-/m1/s1. The van der Waals surface area contributed by atoms with Crippen LogP contribution in [0.3, 0.4) is 0 Å². The molecule has 0 fully saturated rings. The minimum Gasteiger partial charge on any atom is -0.497 e. The molecular formula is C32H41N3O5S. The fourth-order valence-electron chi connectivity index (χ4n) is 4.22. The Balaban J connectivity index is 2.04. The highest BCUT2D eigenvalue weighted by molar-refractivity contribution is 7.92. The first-order chi connectivity index (χ1) is 19.4. The van der Waals surface area contributed by atoms with E-state index in [2.05, 4.69) is 5.32 Å². The Kier molecular flexibility index (Phi) is 10.6. The quantitative estimate of drug-likeness (QED) is 0.320. The predicted octanol–water partition coefficient (Wildman–Crippen LogP) is 5.15. The van der Waals surface area contributed by atoms with E-state index in [1.54, 1.807) is 62.6 Å². The van der Waals surface area contributed by atoms with E-state index in [4.69, 9.17) is 4.74 Å². The van der Waals surface area contributed by atoms with Gasteiger partial charge in [0, 0.05) is 12.6 Å². The van der Waals surface area contributed by atoms with Crippen LogP contribution < -0.4 is 14.4 Å². The number of aryl methyl sites for hydroxylation is 3. The summed E-state index contributed by atoms with van der Waals surface area (Å²) in [6, 6.07) is 18.1. The molecule has 2 amide bonds. The summed E-state index contributed by atoms with van der Waals surface area (Å²) in [5, 5.41) is 2.94. The smallest absolute Gasteiger partial charge is 0.264 e. The van der Waals surface area contributed by atoms with Gasteiger partial charge in [-0.15, -0.1) is 0 Å². The summed E-state index contributed by atoms with van der Waals surface area (Å²) in [5.74, 6) is -0.138. The molecular weight excluding hydrogens is 538 g/mol. The molecule has 0 saturated heterocycles. The van der Waals surface area contributed by atoms with Gasteiger partial charge in [0.25, 0.3) is 10.0 Å². The van der Waals surface area contributed by atoms with Gasteiger partial charge < -0.3 is 15.0 Å². The minimum atomic E-state index is -4.11. The number of rotatable bonds is 12. The number of hydrogen-bond donors (Lipinski definition) is 1. The molecule has 0 spiro atoms. The van der Waals surface area contributed by atoms with Gasteiger partial charge in [-0.3, -0.25) is 13.9 Å². The monoisotopic (exact) mass is 579 g/mol. The summed E-state index contributed by atoms with van der Waals surface area (Å²) in [5.41, 5.74) is 3.98. The van der Waals surface area contributed by atoms with Gasteiger partial charge in [-0.1, -0.05) is 42.8 Å². The molecule has 41 heavy (non-hydrogen) atoms. The van der Waals surface area contributed by atoms with Gasteiger partial charge in [0.2, 0.25) is 11.8 Å². The lowest BCUT2D eigenvalue weighted by Crippen LogP contribution is -2.52. The Morgan fingerprint density at radius 1 is 0.902 bits per heavy atom. The van der Waals surface area contributed by atoms with Gasteiger partial charge in [0.15, 0.2) is 0 Å². The number of carbonyl (C=O) groups excluding carboxylic acids is 2. The third-order valence-corrected chi connectivity index (χ3v) is 9.13. The second-order valence-corrected chi connectivity index (χ2v) is 12.3. The van der Waals surface area contributed by atoms with Crippen molar-refractivity contribution in [1.29, 1.82) is 0 Å². The fourth-order valence-corrected chi connectivity index (χ4v) is 5.63. The van der Waals surface area contributed by atoms with Crippen molar-refractivity contribution in [1.82, 2.24) is 10.2 Å². The Morgan fingerprint density at radius 2 is 1.54 bits per heavy atom. The summed E-state index contributed by atoms with van der Waals surface area (Å²) in [7, 11) is -2.54. The molecule has 3 rings (SSSR count). The van der Waals surface area contributed by atoms with E-state index in [0.717, 1.165) is 33.0 Å². The van der Waals surface area contributed by atoms with Gasteiger partial charge in [0.05, 0.1) is 17.7 Å². The van der Waals surface area contributed by atoms with E-state index in [1.165, 1.54) is 4.90 Å². The highest BCUT2D eigenvalue weighted by Crippen LogP contribution is 2.27. The van der Waals surface area contributed by atoms with Crippen molar-refractivity contribution in [2.75, 3.05) is 18.0 Å². The molecule has 8 nitrogen and oxygen atoms in total. The highest BCUT2D eigenvalue weighted by atomic mass is 32.2. The van der Waals surface area contributed by atoms with E-state index in [0.29, 0.717) is 11.4 Å². The topological polar surface area (TPSA) is 96.0 Å². The van der Waals surface area contributed by atoms with Crippen molar-refractivity contribution in [3.05, 3.63) is 89.0 Å². The number of nitrogens with zero attached hydrogens (tertiary/aromatic N) is 2. The van der Waals surface area contributed by atoms with Crippen LogP contribution in [0, 0.1) is 20.8 Å². The number of methoxy groups -OCH3 is 1. The SMILES string of the molecule is CC[C@@H](C)NC(=O)[C@@H](C)N(Cc1ccc(OC)cc1)C(=O)CN(c1ccc(C)c(C)c1)S(=O)(=O)c1ccc(C)cc1. The molecule has 0 bridgehead atoms. The van der Waals surface area contributed by atoms with Gasteiger partial charge in [0.1, 0.15) is 18.3 Å². The molecule has 1 N–H and O–H groups in total. The maximum absolute atomic E-state index is 14.1. The summed E-state index contributed by atoms with van der Waals surface area (Å²) >= 11 is 0. The zero-order chi connectivity index (χ0) is 30.3. The van der Waals surface area contributed by atoms with Crippen LogP contribution in [-0.2, 0) is 26.2 Å². The molecule has 0 aliphatic carbocycles. The van der Waals surface area contributed by atoms with Gasteiger partial charge in [-0.05, 0) is 94.1 Å². The number of benzene rings is 3. The number of nitrogens with one attached hydrogen (secondary N) is 1. The van der Waals surface area contributed by atoms with Gasteiger partial charge in [-0.2, -0.15) is 0 Å². The molecule has 0 aliphatic heterocycles. The summed E-state index contributed by atoms with van der Waals surface area (Å²) in [6.07, 6.45) is 0.736. The van der Waals surface area contributed by atoms with Crippen LogP contribution in [0.4, 0.5) is 5.69 Å². The average molecular weight is 580 g/mol. The Hall–Kier alpha value is -3.85. The van der Waals surface area contributed by atoms with Crippen LogP contribution in [0.25, 0.3) is 0 Å². The van der Waals surface area contributed by atoms with Crippen LogP contribution in [0.5, 0.6) is 5.75 Å². The lowest BCUT2D eigenvalue weighted by molar-refractivity contribution is -0.139. The first-order valence-electron chi connectivity index (χ1n) is 13.8. The molecule has 0 radical (unpaired) electrons. The van der Waals surface area contributed by atoms with E-state index >= 15 is 0 Å². The van der Waals surface area contributed by atoms with Crippen LogP contribution in [-0.4, -0.2) is 50.9 Å². The molecule has 0 saturated carbocycles. The number of amides is 2. The maximum atomic E-state index is 14.1. The van der Waals surface area contributed by atoms with Crippen LogP contribution in [0.15, 0.2) is 71.6 Å². The zero-order valence-corrected chi connectivity index (χ0v) is 25.8. The Labute approximate surface area is 244 Å². The van der Waals surface area contributed by atoms with Crippen molar-refractivity contribution < 1.29 is 22.7 Å². The van der Waals surface area contributed by atoms with Crippen molar-refractivity contribution in [3.63, 3.8) is 0 Å². The van der Waals surface area contributed by atoms with E-state index in [9.17, 15) is 18.0 Å². The predicted molar refractivity (Wildman–Crippen MR) is 163 cm³/mol. The third kappa shape index (κ3) is 7.88.